The molecule has 0 amide bonds. The van der Waals surface area contributed by atoms with Gasteiger partial charge in [-0.2, -0.15) is 0 Å². The molecule has 0 saturated heterocycles. The Kier molecular flexibility index (Phi) is 6.90. The lowest BCUT2D eigenvalue weighted by Gasteiger charge is -2.10. The van der Waals surface area contributed by atoms with Crippen LogP contribution < -0.4 is 10.6 Å². The van der Waals surface area contributed by atoms with Crippen LogP contribution in [0.3, 0.4) is 0 Å². The predicted molar refractivity (Wildman–Crippen MR) is 68.0 cm³/mol. The van der Waals surface area contributed by atoms with Crippen LogP contribution in [-0.4, -0.2) is 32.8 Å². The number of hydrogen-bond acceptors (Lipinski definition) is 3. The van der Waals surface area contributed by atoms with Gasteiger partial charge in [-0.3, -0.25) is 0 Å². The van der Waals surface area contributed by atoms with Crippen LogP contribution in [0.4, 0.5) is 0 Å². The molecular weight excluding hydrogens is 218 g/mol. The monoisotopic (exact) mass is 239 g/mol. The SMILES string of the molecule is CCNC(=NCc1ccco1)NCCCOC. The number of rotatable bonds is 7. The van der Waals surface area contributed by atoms with E-state index in [2.05, 4.69) is 15.6 Å². The van der Waals surface area contributed by atoms with E-state index in [1.165, 1.54) is 0 Å². The molecule has 0 aromatic carbocycles. The number of methoxy groups -OCH3 is 1. The van der Waals surface area contributed by atoms with Crippen molar-refractivity contribution in [3.8, 4) is 0 Å². The molecule has 5 heteroatoms. The van der Waals surface area contributed by atoms with Crippen molar-refractivity contribution >= 4 is 5.96 Å². The molecule has 0 radical (unpaired) electrons. The molecule has 0 atom stereocenters. The summed E-state index contributed by atoms with van der Waals surface area (Å²) in [5.74, 6) is 1.67. The lowest BCUT2D eigenvalue weighted by molar-refractivity contribution is 0.195. The fraction of sp³-hybridized carbons (Fsp3) is 0.583. The molecule has 0 aliphatic heterocycles. The Morgan fingerprint density at radius 2 is 2.35 bits per heavy atom. The van der Waals surface area contributed by atoms with E-state index in [9.17, 15) is 0 Å². The zero-order chi connectivity index (χ0) is 12.3. The first-order chi connectivity index (χ1) is 8.36. The van der Waals surface area contributed by atoms with Gasteiger partial charge in [0.1, 0.15) is 12.3 Å². The number of nitrogens with one attached hydrogen (secondary N) is 2. The minimum Gasteiger partial charge on any atom is -0.467 e. The summed E-state index contributed by atoms with van der Waals surface area (Å²) in [6, 6.07) is 3.78. The molecule has 5 nitrogen and oxygen atoms in total. The van der Waals surface area contributed by atoms with Gasteiger partial charge in [-0.15, -0.1) is 0 Å². The minimum absolute atomic E-state index is 0.548. The van der Waals surface area contributed by atoms with Crippen LogP contribution in [0.15, 0.2) is 27.8 Å². The third-order valence-electron chi connectivity index (χ3n) is 2.14. The second-order valence-corrected chi connectivity index (χ2v) is 3.55. The Morgan fingerprint density at radius 1 is 1.47 bits per heavy atom. The molecule has 0 unspecified atom stereocenters. The third kappa shape index (κ3) is 5.97. The number of hydrogen-bond donors (Lipinski definition) is 2. The first-order valence-electron chi connectivity index (χ1n) is 5.90. The lowest BCUT2D eigenvalue weighted by Crippen LogP contribution is -2.38. The zero-order valence-corrected chi connectivity index (χ0v) is 10.5. The summed E-state index contributed by atoms with van der Waals surface area (Å²) in [6.07, 6.45) is 2.62. The molecule has 1 aromatic heterocycles. The van der Waals surface area contributed by atoms with Gasteiger partial charge in [0.05, 0.1) is 6.26 Å². The Labute approximate surface area is 102 Å². The summed E-state index contributed by atoms with van der Waals surface area (Å²) in [5, 5.41) is 6.41. The van der Waals surface area contributed by atoms with Gasteiger partial charge in [-0.1, -0.05) is 0 Å². The highest BCUT2D eigenvalue weighted by molar-refractivity contribution is 5.79. The van der Waals surface area contributed by atoms with Gasteiger partial charge >= 0.3 is 0 Å². The van der Waals surface area contributed by atoms with Gasteiger partial charge < -0.3 is 19.8 Å². The van der Waals surface area contributed by atoms with Crippen LogP contribution in [-0.2, 0) is 11.3 Å². The van der Waals surface area contributed by atoms with E-state index in [0.717, 1.165) is 37.8 Å². The summed E-state index contributed by atoms with van der Waals surface area (Å²) >= 11 is 0. The molecule has 0 bridgehead atoms. The summed E-state index contributed by atoms with van der Waals surface area (Å²) in [5.41, 5.74) is 0. The van der Waals surface area contributed by atoms with Crippen LogP contribution in [0.2, 0.25) is 0 Å². The summed E-state index contributed by atoms with van der Waals surface area (Å²) in [4.78, 5) is 4.41. The number of guanidine groups is 1. The predicted octanol–water partition coefficient (Wildman–Crippen LogP) is 1.37. The molecule has 0 spiro atoms. The van der Waals surface area contributed by atoms with E-state index < -0.39 is 0 Å². The maximum Gasteiger partial charge on any atom is 0.191 e. The number of nitrogens with zero attached hydrogens (tertiary/aromatic N) is 1. The Balaban J connectivity index is 2.33. The summed E-state index contributed by atoms with van der Waals surface area (Å²) in [7, 11) is 1.70. The first-order valence-corrected chi connectivity index (χ1v) is 5.90. The van der Waals surface area contributed by atoms with Crippen molar-refractivity contribution in [2.75, 3.05) is 26.8 Å². The van der Waals surface area contributed by atoms with E-state index in [1.54, 1.807) is 13.4 Å². The maximum absolute atomic E-state index is 5.22. The largest absolute Gasteiger partial charge is 0.467 e. The van der Waals surface area contributed by atoms with Crippen molar-refractivity contribution in [3.63, 3.8) is 0 Å². The molecule has 2 N–H and O–H groups in total. The standard InChI is InChI=1S/C12H21N3O2/c1-3-13-12(14-7-5-8-16-2)15-10-11-6-4-9-17-11/h4,6,9H,3,5,7-8,10H2,1-2H3,(H2,13,14,15). The van der Waals surface area contributed by atoms with Crippen LogP contribution in [0, 0.1) is 0 Å². The molecule has 1 aromatic rings. The quantitative estimate of drug-likeness (QED) is 0.428. The van der Waals surface area contributed by atoms with E-state index in [0.29, 0.717) is 6.54 Å². The summed E-state index contributed by atoms with van der Waals surface area (Å²) < 4.78 is 10.2. The third-order valence-corrected chi connectivity index (χ3v) is 2.14. The highest BCUT2D eigenvalue weighted by Crippen LogP contribution is 2.00. The van der Waals surface area contributed by atoms with Crippen molar-refractivity contribution < 1.29 is 9.15 Å². The topological polar surface area (TPSA) is 58.8 Å². The van der Waals surface area contributed by atoms with Gasteiger partial charge in [0.15, 0.2) is 5.96 Å². The highest BCUT2D eigenvalue weighted by atomic mass is 16.5. The number of furan rings is 1. The van der Waals surface area contributed by atoms with Crippen molar-refractivity contribution in [2.45, 2.75) is 19.9 Å². The van der Waals surface area contributed by atoms with E-state index in [4.69, 9.17) is 9.15 Å². The Morgan fingerprint density at radius 3 is 3.00 bits per heavy atom. The average molecular weight is 239 g/mol. The maximum atomic E-state index is 5.22. The lowest BCUT2D eigenvalue weighted by atomic mass is 10.4. The molecular formula is C12H21N3O2. The van der Waals surface area contributed by atoms with E-state index in [-0.39, 0.29) is 0 Å². The smallest absolute Gasteiger partial charge is 0.191 e. The van der Waals surface area contributed by atoms with E-state index >= 15 is 0 Å². The minimum atomic E-state index is 0.548. The molecule has 0 fully saturated rings. The van der Waals surface area contributed by atoms with Crippen molar-refractivity contribution in [2.24, 2.45) is 4.99 Å². The molecule has 96 valence electrons. The second-order valence-electron chi connectivity index (χ2n) is 3.55. The van der Waals surface area contributed by atoms with Gasteiger partial charge in [-0.05, 0) is 25.5 Å². The van der Waals surface area contributed by atoms with Crippen LogP contribution in [0.5, 0.6) is 0 Å². The first kappa shape index (κ1) is 13.6. The Bertz CT molecular complexity index is 310. The molecule has 1 rings (SSSR count). The fourth-order valence-corrected chi connectivity index (χ4v) is 1.32. The van der Waals surface area contributed by atoms with Crippen LogP contribution in [0.1, 0.15) is 19.1 Å². The fourth-order valence-electron chi connectivity index (χ4n) is 1.32. The number of ether oxygens (including phenoxy) is 1. The second kappa shape index (κ2) is 8.64. The van der Waals surface area contributed by atoms with Gasteiger partial charge in [0, 0.05) is 26.8 Å². The molecule has 17 heavy (non-hydrogen) atoms. The van der Waals surface area contributed by atoms with Gasteiger partial charge in [0.2, 0.25) is 0 Å². The van der Waals surface area contributed by atoms with Crippen LogP contribution >= 0.6 is 0 Å². The molecule has 0 aliphatic rings. The summed E-state index contributed by atoms with van der Waals surface area (Å²) in [6.45, 7) is 5.03. The van der Waals surface area contributed by atoms with Crippen molar-refractivity contribution in [1.82, 2.24) is 10.6 Å². The van der Waals surface area contributed by atoms with E-state index in [1.807, 2.05) is 19.1 Å². The normalized spacial score (nSPS) is 11.5. The molecule has 0 aliphatic carbocycles. The van der Waals surface area contributed by atoms with Crippen molar-refractivity contribution in [3.05, 3.63) is 24.2 Å². The van der Waals surface area contributed by atoms with Crippen LogP contribution in [0.25, 0.3) is 0 Å². The van der Waals surface area contributed by atoms with Crippen molar-refractivity contribution in [1.29, 1.82) is 0 Å². The Hall–Kier alpha value is -1.49. The zero-order valence-electron chi connectivity index (χ0n) is 10.5. The number of aliphatic imine (C=N–C) groups is 1. The van der Waals surface area contributed by atoms with Gasteiger partial charge in [0.25, 0.3) is 0 Å². The highest BCUT2D eigenvalue weighted by Gasteiger charge is 1.98. The molecule has 1 heterocycles. The van der Waals surface area contributed by atoms with Gasteiger partial charge in [-0.25, -0.2) is 4.99 Å². The molecule has 0 saturated carbocycles. The average Bonchev–Trinajstić information content (AvgIpc) is 2.84.